The predicted octanol–water partition coefficient (Wildman–Crippen LogP) is 0.0558. The number of aliphatic hydroxyl groups is 1. The van der Waals surface area contributed by atoms with E-state index in [4.69, 9.17) is 16.1 Å². The third-order valence-corrected chi connectivity index (χ3v) is 2.42. The van der Waals surface area contributed by atoms with Crippen LogP contribution in [-0.2, 0) is 16.1 Å². The van der Waals surface area contributed by atoms with Crippen LogP contribution in [0.25, 0.3) is 0 Å². The molecular weight excluding hydrogens is 226 g/mol. The summed E-state index contributed by atoms with van der Waals surface area (Å²) < 4.78 is 0. The molecule has 1 rings (SSSR count). The molecule has 0 spiro atoms. The quantitative estimate of drug-likeness (QED) is 0.542. The summed E-state index contributed by atoms with van der Waals surface area (Å²) >= 11 is 0. The van der Waals surface area contributed by atoms with Gasteiger partial charge in [0.05, 0.1) is 6.42 Å². The molecule has 1 atom stereocenters. The first kappa shape index (κ1) is 13.3. The smallest absolute Gasteiger partial charge is 0.324 e. The average molecular weight is 241 g/mol. The van der Waals surface area contributed by atoms with Crippen molar-refractivity contribution in [2.45, 2.75) is 12.8 Å². The van der Waals surface area contributed by atoms with E-state index >= 15 is 0 Å². The summed E-state index contributed by atoms with van der Waals surface area (Å²) in [4.78, 5) is 15.0. The van der Waals surface area contributed by atoms with E-state index < -0.39 is 5.97 Å². The van der Waals surface area contributed by atoms with E-state index in [9.17, 15) is 9.90 Å². The molecule has 0 fully saturated rings. The molecule has 0 aliphatic carbocycles. The molecule has 6 heteroatoms. The molecule has 0 amide bonds. The first-order valence-corrected chi connectivity index (χ1v) is 5.08. The van der Waals surface area contributed by atoms with E-state index in [-0.39, 0.29) is 36.9 Å². The summed E-state index contributed by atoms with van der Waals surface area (Å²) in [6.07, 6.45) is 0.255. The van der Waals surface area contributed by atoms with Gasteiger partial charge in [0.2, 0.25) is 0 Å². The Balaban J connectivity index is 2.70. The van der Waals surface area contributed by atoms with Crippen LogP contribution in [0.3, 0.4) is 0 Å². The third-order valence-electron chi connectivity index (χ3n) is 2.42. The second kappa shape index (κ2) is 6.07. The van der Waals surface area contributed by atoms with E-state index in [0.29, 0.717) is 5.56 Å². The number of aliphatic hydroxyl groups excluding tert-OH is 1. The number of rotatable bonds is 5. The van der Waals surface area contributed by atoms with Crippen LogP contribution < -0.4 is 5.90 Å². The Morgan fingerprint density at radius 1 is 1.41 bits per heavy atom. The van der Waals surface area contributed by atoms with Crippen molar-refractivity contribution >= 4 is 5.97 Å². The van der Waals surface area contributed by atoms with Gasteiger partial charge in [0.25, 0.3) is 0 Å². The van der Waals surface area contributed by atoms with E-state index in [1.165, 1.54) is 18.2 Å². The Bertz CT molecular complexity index is 393. The molecule has 1 aromatic carbocycles. The number of benzene rings is 1. The van der Waals surface area contributed by atoms with Gasteiger partial charge in [0.1, 0.15) is 11.5 Å². The van der Waals surface area contributed by atoms with Gasteiger partial charge < -0.3 is 20.2 Å². The minimum Gasteiger partial charge on any atom is -0.508 e. The van der Waals surface area contributed by atoms with Crippen molar-refractivity contribution in [3.8, 4) is 11.5 Å². The van der Waals surface area contributed by atoms with Gasteiger partial charge in [-0.15, -0.1) is 0 Å². The minimum atomic E-state index is -0.623. The van der Waals surface area contributed by atoms with Crippen LogP contribution in [0, 0.1) is 5.92 Å². The van der Waals surface area contributed by atoms with Gasteiger partial charge in [0.15, 0.2) is 0 Å². The molecule has 0 saturated carbocycles. The lowest BCUT2D eigenvalue weighted by molar-refractivity contribution is -0.145. The molecule has 0 radical (unpaired) electrons. The molecule has 5 N–H and O–H groups in total. The second-order valence-corrected chi connectivity index (χ2v) is 3.76. The fourth-order valence-corrected chi connectivity index (χ4v) is 1.52. The molecular formula is C11H15NO5. The third kappa shape index (κ3) is 3.93. The van der Waals surface area contributed by atoms with Crippen LogP contribution in [-0.4, -0.2) is 27.9 Å². The van der Waals surface area contributed by atoms with Crippen molar-refractivity contribution in [3.05, 3.63) is 23.8 Å². The Morgan fingerprint density at radius 2 is 2.12 bits per heavy atom. The van der Waals surface area contributed by atoms with Crippen LogP contribution in [0.4, 0.5) is 0 Å². The summed E-state index contributed by atoms with van der Waals surface area (Å²) in [5.74, 6) is 3.57. The summed E-state index contributed by atoms with van der Waals surface area (Å²) in [5, 5.41) is 27.8. The minimum absolute atomic E-state index is 0.0344. The molecule has 0 saturated heterocycles. The molecule has 17 heavy (non-hydrogen) atoms. The molecule has 0 heterocycles. The lowest BCUT2D eigenvalue weighted by atomic mass is 9.96. The monoisotopic (exact) mass is 241 g/mol. The molecule has 94 valence electrons. The zero-order valence-corrected chi connectivity index (χ0v) is 9.17. The van der Waals surface area contributed by atoms with Gasteiger partial charge >= 0.3 is 5.97 Å². The molecule has 0 aromatic heterocycles. The van der Waals surface area contributed by atoms with Gasteiger partial charge in [-0.05, 0) is 24.0 Å². The number of phenols is 2. The first-order valence-electron chi connectivity index (χ1n) is 5.08. The number of nitrogens with two attached hydrogens (primary N) is 1. The van der Waals surface area contributed by atoms with Crippen molar-refractivity contribution in [2.24, 2.45) is 11.8 Å². The van der Waals surface area contributed by atoms with Crippen molar-refractivity contribution in [2.75, 3.05) is 6.61 Å². The zero-order chi connectivity index (χ0) is 12.8. The Morgan fingerprint density at radius 3 is 2.65 bits per heavy atom. The van der Waals surface area contributed by atoms with Crippen molar-refractivity contribution in [1.82, 2.24) is 0 Å². The highest BCUT2D eigenvalue weighted by atomic mass is 16.7. The summed E-state index contributed by atoms with van der Waals surface area (Å²) in [6.45, 7) is -0.227. The highest BCUT2D eigenvalue weighted by Gasteiger charge is 2.16. The Kier molecular flexibility index (Phi) is 4.74. The van der Waals surface area contributed by atoms with Crippen LogP contribution in [0.1, 0.15) is 12.0 Å². The Labute approximate surface area is 98.2 Å². The lowest BCUT2D eigenvalue weighted by Crippen LogP contribution is -2.19. The van der Waals surface area contributed by atoms with Crippen molar-refractivity contribution in [3.63, 3.8) is 0 Å². The molecule has 6 nitrogen and oxygen atoms in total. The van der Waals surface area contributed by atoms with E-state index in [1.54, 1.807) is 0 Å². The first-order chi connectivity index (χ1) is 8.06. The van der Waals surface area contributed by atoms with Gasteiger partial charge in [-0.1, -0.05) is 6.07 Å². The molecule has 1 aromatic rings. The maximum Gasteiger partial charge on any atom is 0.324 e. The zero-order valence-electron chi connectivity index (χ0n) is 9.17. The summed E-state index contributed by atoms with van der Waals surface area (Å²) in [6, 6.07) is 4.15. The van der Waals surface area contributed by atoms with E-state index in [0.717, 1.165) is 0 Å². The average Bonchev–Trinajstić information content (AvgIpc) is 2.31. The van der Waals surface area contributed by atoms with Crippen LogP contribution in [0.2, 0.25) is 0 Å². The number of aromatic hydroxyl groups is 2. The fourth-order valence-electron chi connectivity index (χ4n) is 1.52. The number of hydrogen-bond donors (Lipinski definition) is 4. The highest BCUT2D eigenvalue weighted by Crippen LogP contribution is 2.25. The highest BCUT2D eigenvalue weighted by molar-refractivity contribution is 5.69. The lowest BCUT2D eigenvalue weighted by Gasteiger charge is -2.13. The molecule has 1 unspecified atom stereocenters. The second-order valence-electron chi connectivity index (χ2n) is 3.76. The maximum atomic E-state index is 10.9. The normalized spacial score (nSPS) is 12.1. The van der Waals surface area contributed by atoms with Gasteiger partial charge in [-0.25, -0.2) is 0 Å². The maximum absolute atomic E-state index is 10.9. The largest absolute Gasteiger partial charge is 0.508 e. The molecule has 0 bridgehead atoms. The number of phenolic OH excluding ortho intramolecular Hbond substituents is 2. The number of carbonyl (C=O) groups is 1. The van der Waals surface area contributed by atoms with Crippen LogP contribution in [0.5, 0.6) is 11.5 Å². The van der Waals surface area contributed by atoms with Gasteiger partial charge in [0, 0.05) is 12.7 Å². The van der Waals surface area contributed by atoms with Gasteiger partial charge in [-0.2, -0.15) is 5.90 Å². The number of hydrogen-bond acceptors (Lipinski definition) is 6. The Hall–Kier alpha value is -1.79. The van der Waals surface area contributed by atoms with Gasteiger partial charge in [-0.3, -0.25) is 4.79 Å². The van der Waals surface area contributed by atoms with E-state index in [2.05, 4.69) is 4.84 Å². The van der Waals surface area contributed by atoms with Crippen molar-refractivity contribution in [1.29, 1.82) is 0 Å². The van der Waals surface area contributed by atoms with Crippen LogP contribution >= 0.6 is 0 Å². The summed E-state index contributed by atoms with van der Waals surface area (Å²) in [7, 11) is 0. The standard InChI is InChI=1S/C11H15NO5/c12-17-11(16)4-7(6-13)3-8-1-2-9(14)5-10(8)15/h1-2,5,7,13-15H,3-4,6,12H2. The summed E-state index contributed by atoms with van der Waals surface area (Å²) in [5.41, 5.74) is 0.534. The van der Waals surface area contributed by atoms with Crippen molar-refractivity contribution < 1.29 is 25.0 Å². The topological polar surface area (TPSA) is 113 Å². The SMILES string of the molecule is NOC(=O)CC(CO)Cc1ccc(O)cc1O. The molecule has 0 aliphatic heterocycles. The van der Waals surface area contributed by atoms with Crippen LogP contribution in [0.15, 0.2) is 18.2 Å². The predicted molar refractivity (Wildman–Crippen MR) is 58.9 cm³/mol. The number of carbonyl (C=O) groups excluding carboxylic acids is 1. The van der Waals surface area contributed by atoms with E-state index in [1.807, 2.05) is 0 Å². The molecule has 0 aliphatic rings. The fraction of sp³-hybridized carbons (Fsp3) is 0.364.